The zero-order valence-electron chi connectivity index (χ0n) is 10.9. The van der Waals surface area contributed by atoms with E-state index in [4.69, 9.17) is 0 Å². The Hall–Kier alpha value is -2.95. The maximum atomic E-state index is 13.0. The van der Waals surface area contributed by atoms with Crippen molar-refractivity contribution < 1.29 is 4.39 Å². The number of nitrogens with one attached hydrogen (secondary N) is 2. The first-order chi connectivity index (χ1) is 10.2. The summed E-state index contributed by atoms with van der Waals surface area (Å²) in [5.74, 6) is -0.257. The molecule has 0 atom stereocenters. The average Bonchev–Trinajstić information content (AvgIpc) is 2.84. The van der Waals surface area contributed by atoms with Gasteiger partial charge in [-0.05, 0) is 41.5 Å². The fraction of sp³-hybridized carbons (Fsp3) is 0. The summed E-state index contributed by atoms with van der Waals surface area (Å²) in [5, 5.41) is 0.916. The first-order valence-electron chi connectivity index (χ1n) is 6.48. The molecule has 2 heterocycles. The molecule has 0 fully saturated rings. The molecule has 0 amide bonds. The Morgan fingerprint density at radius 1 is 0.905 bits per heavy atom. The summed E-state index contributed by atoms with van der Waals surface area (Å²) in [5.41, 5.74) is 3.64. The third-order valence-corrected chi connectivity index (χ3v) is 3.47. The molecular weight excluding hydrogens is 269 g/mol. The molecule has 0 aliphatic rings. The van der Waals surface area contributed by atoms with E-state index in [1.807, 2.05) is 24.3 Å². The lowest BCUT2D eigenvalue weighted by molar-refractivity contribution is 0.628. The molecule has 2 N–H and O–H groups in total. The van der Waals surface area contributed by atoms with Gasteiger partial charge in [0, 0.05) is 5.39 Å². The topological polar surface area (TPSA) is 61.5 Å². The Morgan fingerprint density at radius 2 is 1.67 bits per heavy atom. The van der Waals surface area contributed by atoms with Crippen LogP contribution in [-0.4, -0.2) is 15.0 Å². The number of hydrogen-bond acceptors (Lipinski definition) is 2. The molecule has 0 spiro atoms. The van der Waals surface area contributed by atoms with Crippen molar-refractivity contribution in [3.63, 3.8) is 0 Å². The van der Waals surface area contributed by atoms with Crippen LogP contribution in [0.4, 0.5) is 4.39 Å². The fourth-order valence-electron chi connectivity index (χ4n) is 2.45. The zero-order valence-corrected chi connectivity index (χ0v) is 10.9. The first kappa shape index (κ1) is 11.8. The highest BCUT2D eigenvalue weighted by Gasteiger charge is 2.05. The minimum Gasteiger partial charge on any atom is -0.304 e. The van der Waals surface area contributed by atoms with E-state index >= 15 is 0 Å². The summed E-state index contributed by atoms with van der Waals surface area (Å²) < 4.78 is 13.0. The second kappa shape index (κ2) is 4.28. The molecule has 0 aliphatic heterocycles. The molecule has 4 nitrogen and oxygen atoms in total. The van der Waals surface area contributed by atoms with E-state index in [0.29, 0.717) is 11.2 Å². The molecule has 5 heteroatoms. The molecule has 21 heavy (non-hydrogen) atoms. The average molecular weight is 279 g/mol. The van der Waals surface area contributed by atoms with Gasteiger partial charge in [0.2, 0.25) is 0 Å². The SMILES string of the molecule is O=c1[nH]c2cc3cc(-c4ccc(F)cc4)ccc3nc2[nH]1. The quantitative estimate of drug-likeness (QED) is 0.562. The van der Waals surface area contributed by atoms with Crippen LogP contribution in [0.3, 0.4) is 0 Å². The molecule has 0 saturated carbocycles. The Labute approximate surface area is 118 Å². The Bertz CT molecular complexity index is 1020. The van der Waals surface area contributed by atoms with Crippen LogP contribution in [0.15, 0.2) is 53.3 Å². The van der Waals surface area contributed by atoms with E-state index in [2.05, 4.69) is 15.0 Å². The molecule has 4 rings (SSSR count). The lowest BCUT2D eigenvalue weighted by Crippen LogP contribution is -1.99. The number of hydrogen-bond donors (Lipinski definition) is 2. The molecule has 0 saturated heterocycles. The predicted octanol–water partition coefficient (Wildman–Crippen LogP) is 3.21. The number of rotatable bonds is 1. The number of benzene rings is 2. The lowest BCUT2D eigenvalue weighted by atomic mass is 10.0. The van der Waals surface area contributed by atoms with Crippen LogP contribution in [-0.2, 0) is 0 Å². The Balaban J connectivity index is 1.94. The van der Waals surface area contributed by atoms with E-state index < -0.39 is 0 Å². The van der Waals surface area contributed by atoms with E-state index in [9.17, 15) is 9.18 Å². The molecule has 2 aromatic heterocycles. The van der Waals surface area contributed by atoms with Crippen molar-refractivity contribution in [1.29, 1.82) is 0 Å². The number of nitrogens with zero attached hydrogens (tertiary/aromatic N) is 1. The van der Waals surface area contributed by atoms with Gasteiger partial charge in [0.15, 0.2) is 5.65 Å². The maximum absolute atomic E-state index is 13.0. The zero-order chi connectivity index (χ0) is 14.4. The van der Waals surface area contributed by atoms with Gasteiger partial charge in [0.05, 0.1) is 11.0 Å². The van der Waals surface area contributed by atoms with Gasteiger partial charge in [-0.15, -0.1) is 0 Å². The smallest absolute Gasteiger partial charge is 0.304 e. The van der Waals surface area contributed by atoms with Gasteiger partial charge in [-0.2, -0.15) is 0 Å². The molecule has 2 aromatic carbocycles. The van der Waals surface area contributed by atoms with Crippen LogP contribution in [0.1, 0.15) is 0 Å². The first-order valence-corrected chi connectivity index (χ1v) is 6.48. The number of pyridine rings is 1. The van der Waals surface area contributed by atoms with Gasteiger partial charge in [-0.3, -0.25) is 4.98 Å². The second-order valence-electron chi connectivity index (χ2n) is 4.88. The van der Waals surface area contributed by atoms with E-state index in [0.717, 1.165) is 22.0 Å². The van der Waals surface area contributed by atoms with Gasteiger partial charge >= 0.3 is 5.69 Å². The minimum absolute atomic E-state index is 0.257. The van der Waals surface area contributed by atoms with Crippen molar-refractivity contribution in [2.75, 3.05) is 0 Å². The van der Waals surface area contributed by atoms with Crippen LogP contribution in [0.2, 0.25) is 0 Å². The molecular formula is C16H10FN3O. The molecule has 0 radical (unpaired) electrons. The van der Waals surface area contributed by atoms with Crippen LogP contribution in [0, 0.1) is 5.82 Å². The van der Waals surface area contributed by atoms with Crippen molar-refractivity contribution in [2.24, 2.45) is 0 Å². The van der Waals surface area contributed by atoms with Gasteiger partial charge in [0.25, 0.3) is 0 Å². The summed E-state index contributed by atoms with van der Waals surface area (Å²) in [4.78, 5) is 21.0. The normalized spacial score (nSPS) is 11.3. The summed E-state index contributed by atoms with van der Waals surface area (Å²) in [6.45, 7) is 0. The largest absolute Gasteiger partial charge is 0.325 e. The molecule has 0 aliphatic carbocycles. The van der Waals surface area contributed by atoms with Gasteiger partial charge in [-0.25, -0.2) is 14.2 Å². The van der Waals surface area contributed by atoms with Crippen LogP contribution in [0.5, 0.6) is 0 Å². The van der Waals surface area contributed by atoms with Crippen molar-refractivity contribution in [3.8, 4) is 11.1 Å². The fourth-order valence-corrected chi connectivity index (χ4v) is 2.45. The minimum atomic E-state index is -0.272. The summed E-state index contributed by atoms with van der Waals surface area (Å²) in [6, 6.07) is 14.0. The number of aromatic amines is 2. The lowest BCUT2D eigenvalue weighted by Gasteiger charge is -2.04. The highest BCUT2D eigenvalue weighted by atomic mass is 19.1. The van der Waals surface area contributed by atoms with Crippen molar-refractivity contribution >= 4 is 22.1 Å². The van der Waals surface area contributed by atoms with Crippen molar-refractivity contribution in [3.05, 3.63) is 64.8 Å². The second-order valence-corrected chi connectivity index (χ2v) is 4.88. The van der Waals surface area contributed by atoms with E-state index in [1.54, 1.807) is 12.1 Å². The number of aromatic nitrogens is 3. The number of halogens is 1. The summed E-state index contributed by atoms with van der Waals surface area (Å²) in [7, 11) is 0. The monoisotopic (exact) mass is 279 g/mol. The van der Waals surface area contributed by atoms with E-state index in [-0.39, 0.29) is 11.5 Å². The molecule has 4 aromatic rings. The maximum Gasteiger partial charge on any atom is 0.325 e. The van der Waals surface area contributed by atoms with Crippen LogP contribution >= 0.6 is 0 Å². The molecule has 102 valence electrons. The Kier molecular flexibility index (Phi) is 2.41. The van der Waals surface area contributed by atoms with Crippen molar-refractivity contribution in [1.82, 2.24) is 15.0 Å². The van der Waals surface area contributed by atoms with Crippen molar-refractivity contribution in [2.45, 2.75) is 0 Å². The van der Waals surface area contributed by atoms with Gasteiger partial charge < -0.3 is 4.98 Å². The third kappa shape index (κ3) is 1.99. The standard InChI is InChI=1S/C16H10FN3O/c17-12-4-1-9(2-5-12)10-3-6-13-11(7-10)8-14-15(18-13)20-16(21)19-14/h1-8H,(H2,18,19,20,21). The highest BCUT2D eigenvalue weighted by Crippen LogP contribution is 2.25. The van der Waals surface area contributed by atoms with E-state index in [1.165, 1.54) is 12.1 Å². The number of fused-ring (bicyclic) bond motifs is 2. The predicted molar refractivity (Wildman–Crippen MR) is 79.6 cm³/mol. The molecule has 0 unspecified atom stereocenters. The third-order valence-electron chi connectivity index (χ3n) is 3.47. The number of H-pyrrole nitrogens is 2. The van der Waals surface area contributed by atoms with Crippen LogP contribution < -0.4 is 5.69 Å². The van der Waals surface area contributed by atoms with Crippen LogP contribution in [0.25, 0.3) is 33.2 Å². The summed E-state index contributed by atoms with van der Waals surface area (Å²) >= 11 is 0. The molecule has 0 bridgehead atoms. The highest BCUT2D eigenvalue weighted by molar-refractivity contribution is 5.91. The number of imidazole rings is 1. The Morgan fingerprint density at radius 3 is 2.48 bits per heavy atom. The van der Waals surface area contributed by atoms with Gasteiger partial charge in [-0.1, -0.05) is 18.2 Å². The van der Waals surface area contributed by atoms with Gasteiger partial charge in [0.1, 0.15) is 5.82 Å². The summed E-state index contributed by atoms with van der Waals surface area (Å²) in [6.07, 6.45) is 0.